The van der Waals surface area contributed by atoms with Crippen LogP contribution in [0.25, 0.3) is 5.82 Å². The molecule has 1 N–H and O–H groups in total. The Morgan fingerprint density at radius 1 is 1.43 bits per heavy atom. The average molecular weight is 336 g/mol. The third-order valence-electron chi connectivity index (χ3n) is 3.44. The van der Waals surface area contributed by atoms with Gasteiger partial charge in [-0.3, -0.25) is 14.3 Å². The van der Waals surface area contributed by atoms with Gasteiger partial charge >= 0.3 is 0 Å². The van der Waals surface area contributed by atoms with Crippen molar-refractivity contribution in [1.29, 1.82) is 0 Å². The molecule has 0 bridgehead atoms. The number of thiazole rings is 1. The van der Waals surface area contributed by atoms with Crippen LogP contribution in [0.1, 0.15) is 29.5 Å². The van der Waals surface area contributed by atoms with Crippen molar-refractivity contribution in [2.24, 2.45) is 0 Å². The molecule has 9 heteroatoms. The quantitative estimate of drug-likeness (QED) is 0.865. The largest absolute Gasteiger partial charge is 0.379 e. The summed E-state index contributed by atoms with van der Waals surface area (Å²) >= 11 is 1.32. The first-order chi connectivity index (χ1) is 11.1. The fraction of sp³-hybridized carbons (Fsp3) is 0.571. The van der Waals surface area contributed by atoms with E-state index in [0.717, 1.165) is 32.1 Å². The van der Waals surface area contributed by atoms with Gasteiger partial charge in [0.2, 0.25) is 0 Å². The molecule has 2 aromatic heterocycles. The molecule has 8 nitrogen and oxygen atoms in total. The van der Waals surface area contributed by atoms with Gasteiger partial charge in [-0.1, -0.05) is 0 Å². The van der Waals surface area contributed by atoms with Gasteiger partial charge in [0, 0.05) is 24.5 Å². The van der Waals surface area contributed by atoms with Crippen LogP contribution >= 0.6 is 11.3 Å². The monoisotopic (exact) mass is 336 g/mol. The Morgan fingerprint density at radius 2 is 2.22 bits per heavy atom. The minimum absolute atomic E-state index is 0.0849. The molecule has 1 amide bonds. The van der Waals surface area contributed by atoms with Gasteiger partial charge in [-0.05, 0) is 13.8 Å². The van der Waals surface area contributed by atoms with Crippen molar-refractivity contribution in [3.63, 3.8) is 0 Å². The van der Waals surface area contributed by atoms with Crippen molar-refractivity contribution in [3.05, 3.63) is 22.5 Å². The molecule has 1 aliphatic heterocycles. The summed E-state index contributed by atoms with van der Waals surface area (Å²) in [6.45, 7) is 7.78. The fourth-order valence-electron chi connectivity index (χ4n) is 2.32. The Hall–Kier alpha value is -1.84. The molecule has 1 fully saturated rings. The zero-order valence-electron chi connectivity index (χ0n) is 13.2. The van der Waals surface area contributed by atoms with Gasteiger partial charge in [-0.25, -0.2) is 4.98 Å². The maximum atomic E-state index is 12.0. The van der Waals surface area contributed by atoms with E-state index in [1.807, 2.05) is 23.8 Å². The second-order valence-corrected chi connectivity index (χ2v) is 6.50. The SMILES string of the molecule is CC(C)NC(=O)c1nc(-n2cnnc2CN2CCOCC2)cs1. The van der Waals surface area contributed by atoms with E-state index >= 15 is 0 Å². The van der Waals surface area contributed by atoms with E-state index in [4.69, 9.17) is 4.74 Å². The van der Waals surface area contributed by atoms with Crippen molar-refractivity contribution in [3.8, 4) is 5.82 Å². The summed E-state index contributed by atoms with van der Waals surface area (Å²) in [4.78, 5) is 18.7. The lowest BCUT2D eigenvalue weighted by Gasteiger charge is -2.25. The van der Waals surface area contributed by atoms with Crippen LogP contribution in [0.4, 0.5) is 0 Å². The van der Waals surface area contributed by atoms with Crippen LogP contribution in [0.2, 0.25) is 0 Å². The first kappa shape index (κ1) is 16.0. The molecule has 0 radical (unpaired) electrons. The van der Waals surface area contributed by atoms with Gasteiger partial charge in [-0.15, -0.1) is 21.5 Å². The molecule has 2 aromatic rings. The van der Waals surface area contributed by atoms with Crippen LogP contribution < -0.4 is 5.32 Å². The maximum Gasteiger partial charge on any atom is 0.280 e. The molecule has 124 valence electrons. The predicted octanol–water partition coefficient (Wildman–Crippen LogP) is 0.694. The smallest absolute Gasteiger partial charge is 0.280 e. The van der Waals surface area contributed by atoms with Crippen molar-refractivity contribution in [2.75, 3.05) is 26.3 Å². The number of hydrogen-bond donors (Lipinski definition) is 1. The van der Waals surface area contributed by atoms with Gasteiger partial charge in [0.25, 0.3) is 5.91 Å². The second kappa shape index (κ2) is 7.16. The van der Waals surface area contributed by atoms with E-state index < -0.39 is 0 Å². The Balaban J connectivity index is 1.73. The van der Waals surface area contributed by atoms with Crippen molar-refractivity contribution in [2.45, 2.75) is 26.4 Å². The highest BCUT2D eigenvalue weighted by Gasteiger charge is 2.18. The summed E-state index contributed by atoms with van der Waals surface area (Å²) in [7, 11) is 0. The number of ether oxygens (including phenoxy) is 1. The third kappa shape index (κ3) is 3.92. The molecule has 23 heavy (non-hydrogen) atoms. The molecule has 0 aliphatic carbocycles. The Bertz CT molecular complexity index is 662. The maximum absolute atomic E-state index is 12.0. The lowest BCUT2D eigenvalue weighted by Crippen LogP contribution is -2.36. The molecular weight excluding hydrogens is 316 g/mol. The number of aromatic nitrogens is 4. The number of nitrogens with one attached hydrogen (secondary N) is 1. The van der Waals surface area contributed by atoms with Gasteiger partial charge in [0.05, 0.1) is 19.8 Å². The first-order valence-corrected chi connectivity index (χ1v) is 8.47. The summed E-state index contributed by atoms with van der Waals surface area (Å²) in [5.41, 5.74) is 0. The summed E-state index contributed by atoms with van der Waals surface area (Å²) in [5.74, 6) is 1.34. The molecule has 1 aliphatic rings. The van der Waals surface area contributed by atoms with Crippen LogP contribution in [0.5, 0.6) is 0 Å². The number of hydrogen-bond acceptors (Lipinski definition) is 7. The molecule has 0 aromatic carbocycles. The number of nitrogens with zero attached hydrogens (tertiary/aromatic N) is 5. The standard InChI is InChI=1S/C14H20N6O2S/c1-10(2)16-13(21)14-17-12(8-23-14)20-9-15-18-11(20)7-19-3-5-22-6-4-19/h8-10H,3-7H2,1-2H3,(H,16,21). The minimum atomic E-state index is -0.154. The van der Waals surface area contributed by atoms with E-state index in [0.29, 0.717) is 17.4 Å². The predicted molar refractivity (Wildman–Crippen MR) is 85.7 cm³/mol. The average Bonchev–Trinajstić information content (AvgIpc) is 3.16. The van der Waals surface area contributed by atoms with Crippen LogP contribution in [0, 0.1) is 0 Å². The van der Waals surface area contributed by atoms with E-state index in [-0.39, 0.29) is 11.9 Å². The lowest BCUT2D eigenvalue weighted by atomic mass is 10.4. The van der Waals surface area contributed by atoms with Gasteiger partial charge in [0.15, 0.2) is 16.6 Å². The molecular formula is C14H20N6O2S. The highest BCUT2D eigenvalue weighted by Crippen LogP contribution is 2.16. The molecule has 0 saturated carbocycles. The van der Waals surface area contributed by atoms with Crippen LogP contribution in [-0.4, -0.2) is 62.9 Å². The van der Waals surface area contributed by atoms with Crippen LogP contribution in [0.15, 0.2) is 11.7 Å². The zero-order chi connectivity index (χ0) is 16.2. The van der Waals surface area contributed by atoms with Crippen molar-refractivity contribution < 1.29 is 9.53 Å². The first-order valence-electron chi connectivity index (χ1n) is 7.59. The van der Waals surface area contributed by atoms with Gasteiger partial charge in [-0.2, -0.15) is 0 Å². The molecule has 0 atom stereocenters. The fourth-order valence-corrected chi connectivity index (χ4v) is 3.02. The zero-order valence-corrected chi connectivity index (χ0v) is 14.0. The summed E-state index contributed by atoms with van der Waals surface area (Å²) in [6.07, 6.45) is 1.63. The van der Waals surface area contributed by atoms with E-state index in [1.54, 1.807) is 6.33 Å². The highest BCUT2D eigenvalue weighted by molar-refractivity contribution is 7.11. The van der Waals surface area contributed by atoms with E-state index in [1.165, 1.54) is 11.3 Å². The second-order valence-electron chi connectivity index (χ2n) is 5.64. The Morgan fingerprint density at radius 3 is 2.96 bits per heavy atom. The topological polar surface area (TPSA) is 85.2 Å². The van der Waals surface area contributed by atoms with E-state index in [9.17, 15) is 4.79 Å². The summed E-state index contributed by atoms with van der Waals surface area (Å²) < 4.78 is 7.19. The number of morpholine rings is 1. The van der Waals surface area contributed by atoms with Crippen molar-refractivity contribution >= 4 is 17.2 Å². The number of carbonyl (C=O) groups is 1. The number of rotatable bonds is 5. The van der Waals surface area contributed by atoms with Crippen LogP contribution in [-0.2, 0) is 11.3 Å². The Kier molecular flexibility index (Phi) is 4.99. The van der Waals surface area contributed by atoms with Gasteiger partial charge < -0.3 is 10.1 Å². The van der Waals surface area contributed by atoms with Gasteiger partial charge in [0.1, 0.15) is 6.33 Å². The minimum Gasteiger partial charge on any atom is -0.379 e. The normalized spacial score (nSPS) is 16.0. The van der Waals surface area contributed by atoms with Crippen LogP contribution in [0.3, 0.4) is 0 Å². The molecule has 1 saturated heterocycles. The molecule has 3 rings (SSSR count). The number of carbonyl (C=O) groups excluding carboxylic acids is 1. The molecule has 0 spiro atoms. The van der Waals surface area contributed by atoms with Crippen molar-refractivity contribution in [1.82, 2.24) is 30.0 Å². The third-order valence-corrected chi connectivity index (χ3v) is 4.27. The molecule has 3 heterocycles. The number of amides is 1. The highest BCUT2D eigenvalue weighted by atomic mass is 32.1. The summed E-state index contributed by atoms with van der Waals surface area (Å²) in [5, 5.41) is 13.3. The van der Waals surface area contributed by atoms with E-state index in [2.05, 4.69) is 25.4 Å². The Labute approximate surface area is 138 Å². The lowest BCUT2D eigenvalue weighted by molar-refractivity contribution is 0.0328. The summed E-state index contributed by atoms with van der Waals surface area (Å²) in [6, 6.07) is 0.0849. The molecule has 0 unspecified atom stereocenters.